The first-order valence-corrected chi connectivity index (χ1v) is 10.9. The van der Waals surface area contributed by atoms with Gasteiger partial charge in [-0.1, -0.05) is 52.9 Å². The molecule has 29 heavy (non-hydrogen) atoms. The molecule has 0 rings (SSSR count). The van der Waals surface area contributed by atoms with Gasteiger partial charge in [0, 0.05) is 26.1 Å². The predicted octanol–water partition coefficient (Wildman–Crippen LogP) is 1.62. The fourth-order valence-electron chi connectivity index (χ4n) is 2.71. The zero-order valence-electron chi connectivity index (χ0n) is 18.6. The van der Waals surface area contributed by atoms with Crippen LogP contribution >= 0.6 is 0 Å². The summed E-state index contributed by atoms with van der Waals surface area (Å²) in [6.45, 7) is 8.15. The highest BCUT2D eigenvalue weighted by Gasteiger charge is 2.18. The zero-order chi connectivity index (χ0) is 22.5. The van der Waals surface area contributed by atoms with Gasteiger partial charge in [0.05, 0.1) is 19.8 Å². The SMILES string of the molecule is CCCCC(NC(=O)CCCCCC(C)C)C(=O)O.OCCN(CCO)CCO. The summed E-state index contributed by atoms with van der Waals surface area (Å²) in [7, 11) is 0. The van der Waals surface area contributed by atoms with E-state index in [-0.39, 0.29) is 25.7 Å². The van der Waals surface area contributed by atoms with Gasteiger partial charge in [0.2, 0.25) is 5.91 Å². The van der Waals surface area contributed by atoms with Crippen LogP contribution < -0.4 is 5.32 Å². The molecule has 0 radical (unpaired) electrons. The van der Waals surface area contributed by atoms with Gasteiger partial charge >= 0.3 is 5.97 Å². The van der Waals surface area contributed by atoms with Crippen molar-refractivity contribution in [2.75, 3.05) is 39.5 Å². The van der Waals surface area contributed by atoms with Gasteiger partial charge in [-0.3, -0.25) is 9.69 Å². The Hall–Kier alpha value is -1.22. The summed E-state index contributed by atoms with van der Waals surface area (Å²) in [5, 5.41) is 37.1. The molecule has 0 heterocycles. The molecule has 0 aromatic rings. The molecule has 5 N–H and O–H groups in total. The molecule has 1 atom stereocenters. The maximum atomic E-state index is 11.6. The number of nitrogens with one attached hydrogen (secondary N) is 1. The summed E-state index contributed by atoms with van der Waals surface area (Å²) >= 11 is 0. The summed E-state index contributed by atoms with van der Waals surface area (Å²) < 4.78 is 0. The van der Waals surface area contributed by atoms with E-state index in [2.05, 4.69) is 19.2 Å². The van der Waals surface area contributed by atoms with Gasteiger partial charge in [-0.15, -0.1) is 0 Å². The molecule has 0 aromatic carbocycles. The Kier molecular flexibility index (Phi) is 22.2. The minimum Gasteiger partial charge on any atom is -0.480 e. The lowest BCUT2D eigenvalue weighted by molar-refractivity contribution is -0.142. The van der Waals surface area contributed by atoms with Gasteiger partial charge in [-0.25, -0.2) is 4.79 Å². The Labute approximate surface area is 176 Å². The van der Waals surface area contributed by atoms with E-state index in [1.165, 1.54) is 6.42 Å². The number of aliphatic hydroxyl groups excluding tert-OH is 3. The molecule has 0 saturated heterocycles. The van der Waals surface area contributed by atoms with Gasteiger partial charge in [0.1, 0.15) is 6.04 Å². The van der Waals surface area contributed by atoms with E-state index >= 15 is 0 Å². The van der Waals surface area contributed by atoms with Gasteiger partial charge in [-0.05, 0) is 18.8 Å². The number of carbonyl (C=O) groups is 2. The van der Waals surface area contributed by atoms with E-state index in [0.717, 1.165) is 32.1 Å². The lowest BCUT2D eigenvalue weighted by atomic mass is 10.0. The molecule has 0 bridgehead atoms. The van der Waals surface area contributed by atoms with E-state index in [0.29, 0.717) is 38.4 Å². The molecule has 1 unspecified atom stereocenters. The number of hydrogen-bond donors (Lipinski definition) is 5. The van der Waals surface area contributed by atoms with E-state index in [1.807, 2.05) is 6.92 Å². The lowest BCUT2D eigenvalue weighted by Gasteiger charge is -2.17. The van der Waals surface area contributed by atoms with Crippen LogP contribution in [0.2, 0.25) is 0 Å². The number of amides is 1. The summed E-state index contributed by atoms with van der Waals surface area (Å²) in [5.41, 5.74) is 0. The summed E-state index contributed by atoms with van der Waals surface area (Å²) in [6, 6.07) is -0.719. The first kappa shape index (κ1) is 30.0. The van der Waals surface area contributed by atoms with Crippen LogP contribution in [0.1, 0.15) is 72.1 Å². The highest BCUT2D eigenvalue weighted by atomic mass is 16.4. The summed E-state index contributed by atoms with van der Waals surface area (Å²) in [5.74, 6) is -0.353. The third-order valence-corrected chi connectivity index (χ3v) is 4.41. The van der Waals surface area contributed by atoms with E-state index in [1.54, 1.807) is 4.90 Å². The molecule has 8 heteroatoms. The van der Waals surface area contributed by atoms with Crippen LogP contribution in [0.4, 0.5) is 0 Å². The van der Waals surface area contributed by atoms with Gasteiger partial charge in [0.15, 0.2) is 0 Å². The quantitative estimate of drug-likeness (QED) is 0.226. The molecule has 0 fully saturated rings. The van der Waals surface area contributed by atoms with Crippen molar-refractivity contribution in [3.63, 3.8) is 0 Å². The molecule has 0 spiro atoms. The third-order valence-electron chi connectivity index (χ3n) is 4.41. The Balaban J connectivity index is 0. The number of carboxylic acids is 1. The maximum absolute atomic E-state index is 11.6. The smallest absolute Gasteiger partial charge is 0.326 e. The van der Waals surface area contributed by atoms with E-state index in [4.69, 9.17) is 20.4 Å². The zero-order valence-corrected chi connectivity index (χ0v) is 18.6. The number of hydrogen-bond acceptors (Lipinski definition) is 6. The fraction of sp³-hybridized carbons (Fsp3) is 0.905. The van der Waals surface area contributed by atoms with Gasteiger partial charge in [-0.2, -0.15) is 0 Å². The second-order valence-corrected chi connectivity index (χ2v) is 7.61. The number of rotatable bonds is 17. The van der Waals surface area contributed by atoms with Crippen LogP contribution in [-0.2, 0) is 9.59 Å². The predicted molar refractivity (Wildman–Crippen MR) is 115 cm³/mol. The standard InChI is InChI=1S/C15H29NO3.C6H15NO3/c1-4-5-10-13(15(18)19)16-14(17)11-8-6-7-9-12(2)3;8-4-1-7(2-5-9)3-6-10/h12-13H,4-11H2,1-3H3,(H,16,17)(H,18,19);8-10H,1-6H2. The Morgan fingerprint density at radius 3 is 1.83 bits per heavy atom. The van der Waals surface area contributed by atoms with Crippen LogP contribution in [0.15, 0.2) is 0 Å². The molecule has 1 amide bonds. The second-order valence-electron chi connectivity index (χ2n) is 7.61. The molecule has 8 nitrogen and oxygen atoms in total. The highest BCUT2D eigenvalue weighted by Crippen LogP contribution is 2.09. The number of carbonyl (C=O) groups excluding carboxylic acids is 1. The van der Waals surface area contributed by atoms with Crippen molar-refractivity contribution in [1.29, 1.82) is 0 Å². The van der Waals surface area contributed by atoms with Crippen molar-refractivity contribution in [1.82, 2.24) is 10.2 Å². The number of nitrogens with zero attached hydrogens (tertiary/aromatic N) is 1. The van der Waals surface area contributed by atoms with E-state index < -0.39 is 12.0 Å². The first-order chi connectivity index (χ1) is 13.8. The van der Waals surface area contributed by atoms with E-state index in [9.17, 15) is 9.59 Å². The molecule has 0 aliphatic heterocycles. The normalized spacial score (nSPS) is 11.9. The number of unbranched alkanes of at least 4 members (excludes halogenated alkanes) is 3. The summed E-state index contributed by atoms with van der Waals surface area (Å²) in [4.78, 5) is 24.4. The van der Waals surface area contributed by atoms with Gasteiger partial charge in [0.25, 0.3) is 0 Å². The number of aliphatic carboxylic acids is 1. The average Bonchev–Trinajstić information content (AvgIpc) is 2.65. The average molecular weight is 421 g/mol. The van der Waals surface area contributed by atoms with Crippen molar-refractivity contribution in [3.8, 4) is 0 Å². The van der Waals surface area contributed by atoms with Crippen molar-refractivity contribution in [2.24, 2.45) is 5.92 Å². The van der Waals surface area contributed by atoms with Crippen molar-refractivity contribution >= 4 is 11.9 Å². The Morgan fingerprint density at radius 2 is 1.41 bits per heavy atom. The molecule has 0 aromatic heterocycles. The van der Waals surface area contributed by atoms with Crippen LogP contribution in [0, 0.1) is 5.92 Å². The van der Waals surface area contributed by atoms with Crippen molar-refractivity contribution in [3.05, 3.63) is 0 Å². The molecule has 0 aliphatic carbocycles. The lowest BCUT2D eigenvalue weighted by Crippen LogP contribution is -2.40. The Morgan fingerprint density at radius 1 is 0.862 bits per heavy atom. The van der Waals surface area contributed by atoms with Crippen LogP contribution in [0.3, 0.4) is 0 Å². The highest BCUT2D eigenvalue weighted by molar-refractivity contribution is 5.83. The maximum Gasteiger partial charge on any atom is 0.326 e. The molecule has 0 aliphatic rings. The number of carboxylic acid groups (broad SMARTS) is 1. The van der Waals surface area contributed by atoms with Crippen LogP contribution in [0.5, 0.6) is 0 Å². The van der Waals surface area contributed by atoms with Crippen LogP contribution in [0.25, 0.3) is 0 Å². The van der Waals surface area contributed by atoms with Crippen molar-refractivity contribution in [2.45, 2.75) is 78.2 Å². The molecular weight excluding hydrogens is 376 g/mol. The third kappa shape index (κ3) is 21.3. The monoisotopic (exact) mass is 420 g/mol. The minimum absolute atomic E-state index is 0.0694. The second kappa shape index (κ2) is 21.5. The Bertz CT molecular complexity index is 379. The molecule has 0 saturated carbocycles. The summed E-state index contributed by atoms with van der Waals surface area (Å²) in [6.07, 6.45) is 6.94. The molecular formula is C21H44N2O6. The topological polar surface area (TPSA) is 130 Å². The first-order valence-electron chi connectivity index (χ1n) is 10.9. The molecule has 174 valence electrons. The van der Waals surface area contributed by atoms with Crippen LogP contribution in [-0.4, -0.2) is 82.7 Å². The van der Waals surface area contributed by atoms with Gasteiger partial charge < -0.3 is 25.7 Å². The van der Waals surface area contributed by atoms with Crippen molar-refractivity contribution < 1.29 is 30.0 Å². The fourth-order valence-corrected chi connectivity index (χ4v) is 2.71. The minimum atomic E-state index is -0.929. The largest absolute Gasteiger partial charge is 0.480 e. The number of aliphatic hydroxyl groups is 3.